The molecule has 5 aromatic rings. The van der Waals surface area contributed by atoms with Gasteiger partial charge in [-0.05, 0) is 54.4 Å². The van der Waals surface area contributed by atoms with Crippen molar-refractivity contribution in [2.45, 2.75) is 20.1 Å². The first-order chi connectivity index (χ1) is 20.3. The molecule has 5 rings (SSSR count). The quantitative estimate of drug-likeness (QED) is 0.261. The van der Waals surface area contributed by atoms with E-state index in [-0.39, 0.29) is 35.8 Å². The average Bonchev–Trinajstić information content (AvgIpc) is 3.00. The normalized spacial score (nSPS) is 10.9. The number of rotatable bonds is 10. The van der Waals surface area contributed by atoms with E-state index in [2.05, 4.69) is 19.9 Å². The van der Waals surface area contributed by atoms with Gasteiger partial charge in [-0.15, -0.1) is 0 Å². The summed E-state index contributed by atoms with van der Waals surface area (Å²) >= 11 is 0. The second-order valence-electron chi connectivity index (χ2n) is 9.14. The highest BCUT2D eigenvalue weighted by Crippen LogP contribution is 2.43. The highest BCUT2D eigenvalue weighted by atomic mass is 16.5. The van der Waals surface area contributed by atoms with E-state index in [9.17, 15) is 14.7 Å². The number of ether oxygens (including phenoxy) is 4. The minimum Gasteiger partial charge on any atom is -0.493 e. The van der Waals surface area contributed by atoms with Crippen LogP contribution in [0.25, 0.3) is 22.0 Å². The lowest BCUT2D eigenvalue weighted by Crippen LogP contribution is -2.28. The summed E-state index contributed by atoms with van der Waals surface area (Å²) in [6.45, 7) is 1.80. The summed E-state index contributed by atoms with van der Waals surface area (Å²) in [7, 11) is 4.40. The summed E-state index contributed by atoms with van der Waals surface area (Å²) in [5.74, 6) is 0.248. The van der Waals surface area contributed by atoms with E-state index in [1.54, 1.807) is 61.1 Å². The first-order valence-electron chi connectivity index (χ1n) is 12.8. The Bertz CT molecular complexity index is 1820. The smallest absolute Gasteiger partial charge is 0.353 e. The number of aromatic carboxylic acids is 1. The fourth-order valence-corrected chi connectivity index (χ4v) is 4.70. The second kappa shape index (κ2) is 11.9. The summed E-state index contributed by atoms with van der Waals surface area (Å²) in [5, 5.41) is 10.8. The summed E-state index contributed by atoms with van der Waals surface area (Å²) < 4.78 is 23.5. The van der Waals surface area contributed by atoms with E-state index < -0.39 is 11.5 Å². The number of methoxy groups -OCH3 is 3. The zero-order chi connectivity index (χ0) is 29.8. The molecule has 0 fully saturated rings. The Morgan fingerprint density at radius 2 is 1.64 bits per heavy atom. The van der Waals surface area contributed by atoms with E-state index in [4.69, 9.17) is 18.9 Å². The molecule has 12 nitrogen and oxygen atoms in total. The van der Waals surface area contributed by atoms with Crippen molar-refractivity contribution in [3.63, 3.8) is 0 Å². The summed E-state index contributed by atoms with van der Waals surface area (Å²) in [4.78, 5) is 43.9. The summed E-state index contributed by atoms with van der Waals surface area (Å²) in [5.41, 5.74) is 1.25. The van der Waals surface area contributed by atoms with Crippen LogP contribution in [0.4, 0.5) is 0 Å². The number of carboxylic acid groups (broad SMARTS) is 1. The maximum atomic E-state index is 14.0. The zero-order valence-electron chi connectivity index (χ0n) is 23.3. The molecule has 214 valence electrons. The Hall–Kier alpha value is -5.52. The van der Waals surface area contributed by atoms with Crippen molar-refractivity contribution in [2.75, 3.05) is 21.3 Å². The number of fused-ring (bicyclic) bond motifs is 1. The standard InChI is InChI=1S/C30H27N5O7/c1-17-12-18(8-11-31-17)15-35-27(30(37)38)25(19-13-21(39-2)28(41-4)22(14-19)40-3)20-6-7-24(34-26(20)29(35)36)42-16-23-32-9-5-10-33-23/h5-14H,15-16H2,1-4H3,(H,37,38). The third-order valence-corrected chi connectivity index (χ3v) is 6.52. The van der Waals surface area contributed by atoms with E-state index in [1.165, 1.54) is 25.9 Å². The van der Waals surface area contributed by atoms with Gasteiger partial charge in [-0.25, -0.2) is 19.7 Å². The largest absolute Gasteiger partial charge is 0.493 e. The van der Waals surface area contributed by atoms with Crippen molar-refractivity contribution in [1.82, 2.24) is 24.5 Å². The first kappa shape index (κ1) is 28.0. The Balaban J connectivity index is 1.79. The molecule has 0 spiro atoms. The van der Waals surface area contributed by atoms with Crippen molar-refractivity contribution in [1.29, 1.82) is 0 Å². The third-order valence-electron chi connectivity index (χ3n) is 6.52. The number of carbonyl (C=O) groups is 1. The summed E-state index contributed by atoms with van der Waals surface area (Å²) in [6.07, 6.45) is 4.79. The number of aromatic nitrogens is 5. The molecule has 0 atom stereocenters. The van der Waals surface area contributed by atoms with Crippen molar-refractivity contribution < 1.29 is 28.8 Å². The third kappa shape index (κ3) is 5.42. The maximum Gasteiger partial charge on any atom is 0.353 e. The van der Waals surface area contributed by atoms with Crippen LogP contribution in [0.2, 0.25) is 0 Å². The van der Waals surface area contributed by atoms with Gasteiger partial charge in [0.05, 0.1) is 27.9 Å². The number of aryl methyl sites for hydroxylation is 1. The van der Waals surface area contributed by atoms with Gasteiger partial charge < -0.3 is 24.1 Å². The van der Waals surface area contributed by atoms with Crippen LogP contribution in [-0.2, 0) is 13.2 Å². The van der Waals surface area contributed by atoms with Crippen molar-refractivity contribution in [3.05, 3.63) is 94.2 Å². The highest BCUT2D eigenvalue weighted by molar-refractivity contribution is 6.05. The molecule has 0 radical (unpaired) electrons. The lowest BCUT2D eigenvalue weighted by atomic mass is 9.97. The van der Waals surface area contributed by atoms with Gasteiger partial charge in [-0.2, -0.15) is 0 Å². The van der Waals surface area contributed by atoms with Crippen LogP contribution in [0.5, 0.6) is 23.1 Å². The molecular weight excluding hydrogens is 542 g/mol. The van der Waals surface area contributed by atoms with Crippen LogP contribution in [0.3, 0.4) is 0 Å². The number of hydrogen-bond acceptors (Lipinski definition) is 10. The van der Waals surface area contributed by atoms with E-state index >= 15 is 0 Å². The maximum absolute atomic E-state index is 14.0. The van der Waals surface area contributed by atoms with E-state index in [0.717, 1.165) is 5.69 Å². The molecule has 0 saturated carbocycles. The molecule has 0 aliphatic carbocycles. The minimum atomic E-state index is -1.30. The van der Waals surface area contributed by atoms with Crippen LogP contribution in [-0.4, -0.2) is 56.9 Å². The lowest BCUT2D eigenvalue weighted by Gasteiger charge is -2.20. The van der Waals surface area contributed by atoms with Gasteiger partial charge in [-0.3, -0.25) is 14.3 Å². The number of pyridine rings is 3. The fraction of sp³-hybridized carbons (Fsp3) is 0.200. The molecule has 0 aliphatic heterocycles. The molecule has 4 heterocycles. The minimum absolute atomic E-state index is 0.0148. The van der Waals surface area contributed by atoms with Crippen LogP contribution >= 0.6 is 0 Å². The van der Waals surface area contributed by atoms with Gasteiger partial charge >= 0.3 is 5.97 Å². The molecule has 12 heteroatoms. The first-order valence-corrected chi connectivity index (χ1v) is 12.8. The van der Waals surface area contributed by atoms with Gasteiger partial charge in [0.1, 0.15) is 17.8 Å². The van der Waals surface area contributed by atoms with Crippen LogP contribution in [0.1, 0.15) is 27.6 Å². The van der Waals surface area contributed by atoms with Gasteiger partial charge in [-0.1, -0.05) is 0 Å². The molecule has 0 saturated heterocycles. The van der Waals surface area contributed by atoms with Crippen LogP contribution in [0, 0.1) is 6.92 Å². The Morgan fingerprint density at radius 3 is 2.26 bits per heavy atom. The Labute approximate surface area is 240 Å². The SMILES string of the molecule is COc1cc(-c2c(C(=O)O)n(Cc3ccnc(C)c3)c(=O)c3nc(OCc4ncccn4)ccc23)cc(OC)c1OC. The molecule has 0 amide bonds. The molecule has 0 bridgehead atoms. The number of carboxylic acids is 1. The molecule has 1 N–H and O–H groups in total. The average molecular weight is 570 g/mol. The molecule has 0 aliphatic rings. The molecule has 42 heavy (non-hydrogen) atoms. The van der Waals surface area contributed by atoms with Crippen molar-refractivity contribution >= 4 is 16.9 Å². The molecule has 1 aromatic carbocycles. The predicted octanol–water partition coefficient (Wildman–Crippen LogP) is 3.91. The predicted molar refractivity (Wildman–Crippen MR) is 152 cm³/mol. The monoisotopic (exact) mass is 569 g/mol. The van der Waals surface area contributed by atoms with E-state index in [0.29, 0.717) is 39.6 Å². The number of hydrogen-bond donors (Lipinski definition) is 1. The second-order valence-corrected chi connectivity index (χ2v) is 9.14. The fourth-order valence-electron chi connectivity index (χ4n) is 4.70. The van der Waals surface area contributed by atoms with Crippen LogP contribution < -0.4 is 24.5 Å². The van der Waals surface area contributed by atoms with Gasteiger partial charge in [0.25, 0.3) is 5.56 Å². The zero-order valence-corrected chi connectivity index (χ0v) is 23.3. The van der Waals surface area contributed by atoms with E-state index in [1.807, 2.05) is 6.92 Å². The Morgan fingerprint density at radius 1 is 0.929 bits per heavy atom. The molecule has 4 aromatic heterocycles. The summed E-state index contributed by atoms with van der Waals surface area (Å²) in [6, 6.07) is 11.6. The highest BCUT2D eigenvalue weighted by Gasteiger charge is 2.26. The van der Waals surface area contributed by atoms with Gasteiger partial charge in [0.15, 0.2) is 17.3 Å². The van der Waals surface area contributed by atoms with Crippen molar-refractivity contribution in [3.8, 4) is 34.3 Å². The van der Waals surface area contributed by atoms with Gasteiger partial charge in [0.2, 0.25) is 11.6 Å². The van der Waals surface area contributed by atoms with Crippen LogP contribution in [0.15, 0.2) is 65.8 Å². The molecular formula is C30H27N5O7. The number of benzene rings is 1. The topological polar surface area (TPSA) is 148 Å². The van der Waals surface area contributed by atoms with Gasteiger partial charge in [0, 0.05) is 41.3 Å². The Kier molecular flexibility index (Phi) is 7.96. The molecule has 0 unspecified atom stereocenters. The van der Waals surface area contributed by atoms with Crippen molar-refractivity contribution in [2.24, 2.45) is 0 Å². The lowest BCUT2D eigenvalue weighted by molar-refractivity contribution is 0.0685. The number of nitrogens with zero attached hydrogens (tertiary/aromatic N) is 5.